The molecule has 0 fully saturated rings. The minimum Gasteiger partial charge on any atom is -0.386 e. The van der Waals surface area contributed by atoms with Gasteiger partial charge in [0.25, 0.3) is 0 Å². The molecule has 8 heavy (non-hydrogen) atoms. The standard InChI is InChI=1S/C4H9NO3/c6-3-4(7)1-2-5-8/h3-5,7-8H,1-2H2. The molecule has 4 heteroatoms. The zero-order valence-corrected chi connectivity index (χ0v) is 4.37. The van der Waals surface area contributed by atoms with E-state index in [0.717, 1.165) is 0 Å². The molecule has 0 bridgehead atoms. The monoisotopic (exact) mass is 119 g/mol. The van der Waals surface area contributed by atoms with Crippen LogP contribution < -0.4 is 5.48 Å². The van der Waals surface area contributed by atoms with Crippen molar-refractivity contribution >= 4 is 6.29 Å². The number of aliphatic hydroxyl groups is 1. The molecule has 0 aromatic heterocycles. The number of aliphatic hydroxyl groups excluding tert-OH is 1. The van der Waals surface area contributed by atoms with Gasteiger partial charge in [-0.05, 0) is 6.42 Å². The van der Waals surface area contributed by atoms with Gasteiger partial charge in [-0.15, -0.1) is 0 Å². The lowest BCUT2D eigenvalue weighted by Crippen LogP contribution is -2.17. The summed E-state index contributed by atoms with van der Waals surface area (Å²) in [5.74, 6) is 0. The van der Waals surface area contributed by atoms with Gasteiger partial charge in [-0.3, -0.25) is 0 Å². The fraction of sp³-hybridized carbons (Fsp3) is 0.750. The zero-order chi connectivity index (χ0) is 6.41. The molecule has 0 amide bonds. The molecular weight excluding hydrogens is 110 g/mol. The lowest BCUT2D eigenvalue weighted by molar-refractivity contribution is -0.115. The summed E-state index contributed by atoms with van der Waals surface area (Å²) in [5, 5.41) is 16.4. The quantitative estimate of drug-likeness (QED) is 0.325. The predicted octanol–water partition coefficient (Wildman–Crippen LogP) is -1.08. The first-order valence-electron chi connectivity index (χ1n) is 2.31. The summed E-state index contributed by atoms with van der Waals surface area (Å²) in [6.45, 7) is 0.236. The lowest BCUT2D eigenvalue weighted by atomic mass is 10.3. The number of hydrogen-bond acceptors (Lipinski definition) is 4. The first kappa shape index (κ1) is 7.55. The van der Waals surface area contributed by atoms with Crippen LogP contribution in [0.15, 0.2) is 0 Å². The summed E-state index contributed by atoms with van der Waals surface area (Å²) in [7, 11) is 0. The van der Waals surface area contributed by atoms with Crippen molar-refractivity contribution in [3.8, 4) is 0 Å². The summed E-state index contributed by atoms with van der Waals surface area (Å²) >= 11 is 0. The SMILES string of the molecule is O=CC(O)CCNO. The van der Waals surface area contributed by atoms with Crippen molar-refractivity contribution < 1.29 is 15.1 Å². The Kier molecular flexibility index (Phi) is 4.44. The molecule has 0 aliphatic carbocycles. The highest BCUT2D eigenvalue weighted by Gasteiger charge is 1.97. The van der Waals surface area contributed by atoms with E-state index in [-0.39, 0.29) is 13.0 Å². The van der Waals surface area contributed by atoms with Gasteiger partial charge in [-0.1, -0.05) is 0 Å². The molecule has 0 spiro atoms. The minimum absolute atomic E-state index is 0.236. The van der Waals surface area contributed by atoms with Crippen molar-refractivity contribution in [2.75, 3.05) is 6.54 Å². The largest absolute Gasteiger partial charge is 0.386 e. The molecule has 0 aliphatic heterocycles. The first-order chi connectivity index (χ1) is 3.81. The maximum absolute atomic E-state index is 9.65. The maximum atomic E-state index is 9.65. The first-order valence-corrected chi connectivity index (χ1v) is 2.31. The Bertz CT molecular complexity index is 66.3. The van der Waals surface area contributed by atoms with Crippen LogP contribution in [-0.2, 0) is 4.79 Å². The summed E-state index contributed by atoms with van der Waals surface area (Å²) in [4.78, 5) is 9.65. The highest BCUT2D eigenvalue weighted by Crippen LogP contribution is 1.81. The van der Waals surface area contributed by atoms with Gasteiger partial charge in [0.05, 0.1) is 0 Å². The van der Waals surface area contributed by atoms with Gasteiger partial charge in [0, 0.05) is 6.54 Å². The molecule has 0 aliphatic rings. The average Bonchev–Trinajstić information content (AvgIpc) is 1.83. The van der Waals surface area contributed by atoms with Crippen LogP contribution in [0.3, 0.4) is 0 Å². The van der Waals surface area contributed by atoms with E-state index in [1.165, 1.54) is 0 Å². The molecule has 0 radical (unpaired) electrons. The molecule has 3 N–H and O–H groups in total. The summed E-state index contributed by atoms with van der Waals surface area (Å²) in [6, 6.07) is 0. The van der Waals surface area contributed by atoms with E-state index >= 15 is 0 Å². The fourth-order valence-corrected chi connectivity index (χ4v) is 0.280. The Morgan fingerprint density at radius 2 is 2.38 bits per heavy atom. The van der Waals surface area contributed by atoms with Crippen LogP contribution >= 0.6 is 0 Å². The van der Waals surface area contributed by atoms with Crippen LogP contribution in [-0.4, -0.2) is 29.2 Å². The zero-order valence-electron chi connectivity index (χ0n) is 4.37. The highest BCUT2D eigenvalue weighted by atomic mass is 16.5. The van der Waals surface area contributed by atoms with Crippen molar-refractivity contribution in [1.29, 1.82) is 0 Å². The average molecular weight is 119 g/mol. The fourth-order valence-electron chi connectivity index (χ4n) is 0.280. The normalized spacial score (nSPS) is 13.2. The molecule has 0 aromatic carbocycles. The maximum Gasteiger partial charge on any atom is 0.148 e. The van der Waals surface area contributed by atoms with Crippen molar-refractivity contribution in [2.24, 2.45) is 0 Å². The molecule has 4 nitrogen and oxygen atoms in total. The third-order valence-electron chi connectivity index (χ3n) is 0.709. The van der Waals surface area contributed by atoms with Crippen molar-refractivity contribution in [3.05, 3.63) is 0 Å². The lowest BCUT2D eigenvalue weighted by Gasteiger charge is -1.98. The smallest absolute Gasteiger partial charge is 0.148 e. The number of rotatable bonds is 4. The highest BCUT2D eigenvalue weighted by molar-refractivity contribution is 5.55. The molecular formula is C4H9NO3. The summed E-state index contributed by atoms with van der Waals surface area (Å²) in [5.41, 5.74) is 1.81. The second kappa shape index (κ2) is 4.70. The van der Waals surface area contributed by atoms with E-state index in [4.69, 9.17) is 10.3 Å². The van der Waals surface area contributed by atoms with Gasteiger partial charge < -0.3 is 15.1 Å². The van der Waals surface area contributed by atoms with Crippen LogP contribution in [0.25, 0.3) is 0 Å². The molecule has 1 atom stereocenters. The van der Waals surface area contributed by atoms with E-state index in [1.807, 2.05) is 5.48 Å². The molecule has 0 rings (SSSR count). The number of carbonyl (C=O) groups is 1. The summed E-state index contributed by atoms with van der Waals surface area (Å²) < 4.78 is 0. The third kappa shape index (κ3) is 3.73. The van der Waals surface area contributed by atoms with Crippen LogP contribution in [0, 0.1) is 0 Å². The van der Waals surface area contributed by atoms with Gasteiger partial charge in [0.1, 0.15) is 12.4 Å². The van der Waals surface area contributed by atoms with Crippen molar-refractivity contribution in [1.82, 2.24) is 5.48 Å². The number of hydrogen-bond donors (Lipinski definition) is 3. The topological polar surface area (TPSA) is 69.6 Å². The number of hydroxylamine groups is 1. The molecule has 0 aromatic rings. The number of nitrogens with one attached hydrogen (secondary N) is 1. The van der Waals surface area contributed by atoms with Gasteiger partial charge in [-0.2, -0.15) is 0 Å². The van der Waals surface area contributed by atoms with Crippen LogP contribution in [0.1, 0.15) is 6.42 Å². The third-order valence-corrected chi connectivity index (χ3v) is 0.709. The number of aldehydes is 1. The molecule has 48 valence electrons. The summed E-state index contributed by atoms with van der Waals surface area (Å²) in [6.07, 6.45) is -0.271. The Morgan fingerprint density at radius 3 is 2.75 bits per heavy atom. The molecule has 1 unspecified atom stereocenters. The number of carbonyl (C=O) groups excluding carboxylic acids is 1. The van der Waals surface area contributed by atoms with E-state index in [1.54, 1.807) is 0 Å². The van der Waals surface area contributed by atoms with Gasteiger partial charge >= 0.3 is 0 Å². The Hall–Kier alpha value is -0.450. The van der Waals surface area contributed by atoms with Gasteiger partial charge in [0.2, 0.25) is 0 Å². The Labute approximate surface area is 47.1 Å². The van der Waals surface area contributed by atoms with E-state index in [9.17, 15) is 4.79 Å². The van der Waals surface area contributed by atoms with Crippen molar-refractivity contribution in [3.63, 3.8) is 0 Å². The van der Waals surface area contributed by atoms with E-state index in [0.29, 0.717) is 6.29 Å². The Balaban J connectivity index is 2.98. The van der Waals surface area contributed by atoms with Crippen LogP contribution in [0.2, 0.25) is 0 Å². The van der Waals surface area contributed by atoms with Crippen LogP contribution in [0.5, 0.6) is 0 Å². The minimum atomic E-state index is -0.949. The van der Waals surface area contributed by atoms with E-state index < -0.39 is 6.10 Å². The van der Waals surface area contributed by atoms with Gasteiger partial charge in [0.15, 0.2) is 0 Å². The molecule has 0 saturated carbocycles. The molecule has 0 heterocycles. The van der Waals surface area contributed by atoms with Gasteiger partial charge in [-0.25, -0.2) is 5.48 Å². The Morgan fingerprint density at radius 1 is 1.75 bits per heavy atom. The predicted molar refractivity (Wildman–Crippen MR) is 26.5 cm³/mol. The van der Waals surface area contributed by atoms with E-state index in [2.05, 4.69) is 0 Å². The van der Waals surface area contributed by atoms with Crippen LogP contribution in [0.4, 0.5) is 0 Å². The second-order valence-corrected chi connectivity index (χ2v) is 1.40. The van der Waals surface area contributed by atoms with Crippen molar-refractivity contribution in [2.45, 2.75) is 12.5 Å². The molecule has 0 saturated heterocycles. The second-order valence-electron chi connectivity index (χ2n) is 1.40.